The van der Waals surface area contributed by atoms with Gasteiger partial charge in [-0.05, 0) is 0 Å². The molecule has 3 heterocycles. The predicted molar refractivity (Wildman–Crippen MR) is 82.9 cm³/mol. The molecule has 2 aliphatic heterocycles. The summed E-state index contributed by atoms with van der Waals surface area (Å²) >= 11 is 0. The van der Waals surface area contributed by atoms with Crippen LogP contribution in [0.2, 0.25) is 0 Å². The number of ether oxygens (including phenoxy) is 3. The van der Waals surface area contributed by atoms with Gasteiger partial charge >= 0.3 is 17.9 Å². The van der Waals surface area contributed by atoms with Crippen molar-refractivity contribution in [3.63, 3.8) is 0 Å². The second-order valence-electron chi connectivity index (χ2n) is 6.33. The van der Waals surface area contributed by atoms with Crippen LogP contribution in [0.15, 0.2) is 0 Å². The molecule has 8 nitrogen and oxygen atoms in total. The summed E-state index contributed by atoms with van der Waals surface area (Å²) in [4.78, 5) is 13.8. The Bertz CT molecular complexity index is 485. The lowest BCUT2D eigenvalue weighted by Gasteiger charge is -2.37. The van der Waals surface area contributed by atoms with E-state index in [4.69, 9.17) is 19.2 Å². The van der Waals surface area contributed by atoms with E-state index >= 15 is 0 Å². The fraction of sp³-hybridized carbons (Fsp3) is 0.786. The number of quaternary nitrogens is 2. The van der Waals surface area contributed by atoms with Crippen molar-refractivity contribution >= 4 is 11.9 Å². The molecule has 0 N–H and O–H groups in total. The lowest BCUT2D eigenvalue weighted by Crippen LogP contribution is -2.56. The maximum Gasteiger partial charge on any atom is 0.340 e. The number of likely N-dealkylation sites (N-methyl/N-ethyl adjacent to an activating group) is 2. The molecule has 3 rings (SSSR count). The van der Waals surface area contributed by atoms with Crippen LogP contribution in [0, 0.1) is 0 Å². The van der Waals surface area contributed by atoms with E-state index in [-0.39, 0.29) is 0 Å². The van der Waals surface area contributed by atoms with Crippen LogP contribution in [0.1, 0.15) is 0 Å². The zero-order valence-corrected chi connectivity index (χ0v) is 13.6. The van der Waals surface area contributed by atoms with E-state index in [1.807, 2.05) is 0 Å². The highest BCUT2D eigenvalue weighted by Gasteiger charge is 2.38. The van der Waals surface area contributed by atoms with Crippen molar-refractivity contribution in [3.05, 3.63) is 0 Å². The van der Waals surface area contributed by atoms with Gasteiger partial charge in [-0.2, -0.15) is 0 Å². The highest BCUT2D eigenvalue weighted by molar-refractivity contribution is 5.36. The summed E-state index contributed by atoms with van der Waals surface area (Å²) in [5.74, 6) is 1.52. The van der Waals surface area contributed by atoms with Crippen molar-refractivity contribution < 1.29 is 14.2 Å². The third-order valence-corrected chi connectivity index (χ3v) is 4.66. The van der Waals surface area contributed by atoms with Gasteiger partial charge in [-0.3, -0.25) is 8.97 Å². The molecule has 2 saturated heterocycles. The Labute approximate surface area is 130 Å². The second kappa shape index (κ2) is 6.04. The van der Waals surface area contributed by atoms with Crippen LogP contribution in [0.25, 0.3) is 0 Å². The Hall–Kier alpha value is -1.35. The largest absolute Gasteiger partial charge is 0.466 e. The quantitative estimate of drug-likeness (QED) is 0.721. The zero-order valence-electron chi connectivity index (χ0n) is 13.6. The van der Waals surface area contributed by atoms with Gasteiger partial charge in [-0.15, -0.1) is 15.0 Å². The van der Waals surface area contributed by atoms with Crippen LogP contribution < -0.4 is 13.7 Å². The molecule has 1 aromatic heterocycles. The van der Waals surface area contributed by atoms with Gasteiger partial charge in [0.15, 0.2) is 0 Å². The maximum absolute atomic E-state index is 5.47. The Morgan fingerprint density at radius 1 is 0.773 bits per heavy atom. The van der Waals surface area contributed by atoms with Crippen LogP contribution >= 0.6 is 0 Å². The molecular formula is C14H25N5O3+2. The van der Waals surface area contributed by atoms with E-state index in [9.17, 15) is 0 Å². The molecule has 0 spiro atoms. The Balaban J connectivity index is 1.99. The highest BCUT2D eigenvalue weighted by Crippen LogP contribution is 2.26. The first-order valence-electron chi connectivity index (χ1n) is 7.72. The molecule has 0 aliphatic carbocycles. The average Bonchev–Trinajstić information content (AvgIpc) is 2.56. The molecule has 22 heavy (non-hydrogen) atoms. The molecule has 0 atom stereocenters. The van der Waals surface area contributed by atoms with Crippen molar-refractivity contribution in [2.24, 2.45) is 0 Å². The maximum atomic E-state index is 5.47. The second-order valence-corrected chi connectivity index (χ2v) is 6.33. The number of methoxy groups -OCH3 is 1. The van der Waals surface area contributed by atoms with Crippen molar-refractivity contribution in [2.75, 3.05) is 73.8 Å². The summed E-state index contributed by atoms with van der Waals surface area (Å²) in [6, 6.07) is 0.386. The minimum Gasteiger partial charge on any atom is -0.466 e. The Morgan fingerprint density at radius 2 is 1.18 bits per heavy atom. The van der Waals surface area contributed by atoms with Crippen LogP contribution in [0.5, 0.6) is 6.01 Å². The number of rotatable bonds is 3. The smallest absolute Gasteiger partial charge is 0.340 e. The average molecular weight is 311 g/mol. The number of nitrogens with zero attached hydrogens (tertiary/aromatic N) is 5. The standard InChI is InChI=1S/C14H25N5O3/c1-18(4-8-21-9-5-18)12-15-13(17-14(16-12)20-3)19(2)6-10-22-11-7-19/h4-11H2,1-3H3/q+2. The molecular weight excluding hydrogens is 286 g/mol. The van der Waals surface area contributed by atoms with Crippen molar-refractivity contribution in [2.45, 2.75) is 0 Å². The van der Waals surface area contributed by atoms with E-state index in [1.54, 1.807) is 7.11 Å². The van der Waals surface area contributed by atoms with Crippen LogP contribution in [-0.2, 0) is 9.47 Å². The lowest BCUT2D eigenvalue weighted by atomic mass is 10.3. The van der Waals surface area contributed by atoms with Gasteiger partial charge in [0.05, 0.1) is 47.6 Å². The summed E-state index contributed by atoms with van der Waals surface area (Å²) in [6.45, 7) is 6.33. The van der Waals surface area contributed by atoms with E-state index in [0.717, 1.165) is 64.5 Å². The molecule has 0 aromatic carbocycles. The normalized spacial score (nSPS) is 24.0. The molecule has 122 valence electrons. The van der Waals surface area contributed by atoms with Crippen LogP contribution in [0.4, 0.5) is 11.9 Å². The lowest BCUT2D eigenvalue weighted by molar-refractivity contribution is 0.0447. The third kappa shape index (κ3) is 2.91. The summed E-state index contributed by atoms with van der Waals surface area (Å²) in [7, 11) is 5.88. The molecule has 2 fully saturated rings. The van der Waals surface area contributed by atoms with E-state index in [0.29, 0.717) is 15.0 Å². The molecule has 0 saturated carbocycles. The number of hydrogen-bond acceptors (Lipinski definition) is 6. The predicted octanol–water partition coefficient (Wildman–Crippen LogP) is -0.185. The summed E-state index contributed by atoms with van der Waals surface area (Å²) in [5.41, 5.74) is 0. The molecule has 8 heteroatoms. The summed E-state index contributed by atoms with van der Waals surface area (Å²) in [5, 5.41) is 0. The number of aromatic nitrogens is 3. The monoisotopic (exact) mass is 311 g/mol. The molecule has 2 aliphatic rings. The first-order valence-corrected chi connectivity index (χ1v) is 7.72. The molecule has 1 aromatic rings. The minimum absolute atomic E-state index is 0.386. The van der Waals surface area contributed by atoms with E-state index in [1.165, 1.54) is 0 Å². The SMILES string of the molecule is COc1nc([N+]2(C)CCOCC2)nc([N+]2(C)CCOCC2)n1. The number of hydrogen-bond donors (Lipinski definition) is 0. The van der Waals surface area contributed by atoms with E-state index in [2.05, 4.69) is 24.1 Å². The fourth-order valence-electron chi connectivity index (χ4n) is 2.80. The van der Waals surface area contributed by atoms with Gasteiger partial charge in [-0.25, -0.2) is 0 Å². The minimum atomic E-state index is 0.386. The molecule has 0 unspecified atom stereocenters. The van der Waals surface area contributed by atoms with Crippen molar-refractivity contribution in [1.29, 1.82) is 0 Å². The van der Waals surface area contributed by atoms with E-state index < -0.39 is 0 Å². The van der Waals surface area contributed by atoms with Gasteiger partial charge in [0.25, 0.3) is 0 Å². The van der Waals surface area contributed by atoms with Gasteiger partial charge < -0.3 is 14.2 Å². The molecule has 0 bridgehead atoms. The van der Waals surface area contributed by atoms with Crippen LogP contribution in [0.3, 0.4) is 0 Å². The summed E-state index contributed by atoms with van der Waals surface area (Å²) < 4.78 is 17.6. The van der Waals surface area contributed by atoms with Gasteiger partial charge in [0, 0.05) is 0 Å². The first-order chi connectivity index (χ1) is 10.6. The zero-order chi connectivity index (χ0) is 15.6. The van der Waals surface area contributed by atoms with Gasteiger partial charge in [0.1, 0.15) is 26.2 Å². The first kappa shape index (κ1) is 15.5. The Kier molecular flexibility index (Phi) is 4.26. The van der Waals surface area contributed by atoms with Gasteiger partial charge in [-0.1, -0.05) is 0 Å². The number of morpholine rings is 2. The Morgan fingerprint density at radius 3 is 1.55 bits per heavy atom. The van der Waals surface area contributed by atoms with Gasteiger partial charge in [0.2, 0.25) is 0 Å². The molecule has 0 amide bonds. The fourth-order valence-corrected chi connectivity index (χ4v) is 2.80. The topological polar surface area (TPSA) is 66.4 Å². The van der Waals surface area contributed by atoms with Crippen molar-refractivity contribution in [1.82, 2.24) is 23.9 Å². The van der Waals surface area contributed by atoms with Crippen molar-refractivity contribution in [3.8, 4) is 6.01 Å². The molecule has 0 radical (unpaired) electrons. The third-order valence-electron chi connectivity index (χ3n) is 4.66. The summed E-state index contributed by atoms with van der Waals surface area (Å²) in [6.07, 6.45) is 0. The van der Waals surface area contributed by atoms with Crippen LogP contribution in [-0.4, -0.2) is 88.8 Å². The highest BCUT2D eigenvalue weighted by atomic mass is 16.5.